The van der Waals surface area contributed by atoms with Gasteiger partial charge in [0.15, 0.2) is 5.76 Å². The summed E-state index contributed by atoms with van der Waals surface area (Å²) < 4.78 is 30.6. The van der Waals surface area contributed by atoms with Crippen molar-refractivity contribution in [3.05, 3.63) is 35.5 Å². The summed E-state index contributed by atoms with van der Waals surface area (Å²) in [6.07, 6.45) is 1.32. The van der Waals surface area contributed by atoms with Gasteiger partial charge >= 0.3 is 5.91 Å². The van der Waals surface area contributed by atoms with Crippen molar-refractivity contribution in [3.8, 4) is 0 Å². The highest BCUT2D eigenvalue weighted by Crippen LogP contribution is 2.17. The molecule has 9 heteroatoms. The highest BCUT2D eigenvalue weighted by Gasteiger charge is 2.24. The molecule has 0 bridgehead atoms. The zero-order chi connectivity index (χ0) is 14.9. The van der Waals surface area contributed by atoms with Gasteiger partial charge in [-0.25, -0.2) is 8.42 Å². The van der Waals surface area contributed by atoms with Gasteiger partial charge in [0.1, 0.15) is 4.90 Å². The second-order valence-corrected chi connectivity index (χ2v) is 5.78. The van der Waals surface area contributed by atoms with E-state index in [1.165, 1.54) is 23.1 Å². The summed E-state index contributed by atoms with van der Waals surface area (Å²) in [5, 5.41) is 4.02. The lowest BCUT2D eigenvalue weighted by Crippen LogP contribution is -2.41. The summed E-state index contributed by atoms with van der Waals surface area (Å²) in [5.41, 5.74) is 2.91. The Hall–Kier alpha value is -2.13. The fraction of sp³-hybridized carbons (Fsp3) is 0.273. The number of aromatic nitrogens is 2. The molecule has 0 aliphatic heterocycles. The van der Waals surface area contributed by atoms with Crippen LogP contribution < -0.4 is 10.3 Å². The fourth-order valence-corrected chi connectivity index (χ4v) is 3.06. The predicted octanol–water partition coefficient (Wildman–Crippen LogP) is 0.253. The van der Waals surface area contributed by atoms with E-state index in [0.29, 0.717) is 11.4 Å². The van der Waals surface area contributed by atoms with Gasteiger partial charge < -0.3 is 4.42 Å². The Morgan fingerprint density at radius 2 is 2.10 bits per heavy atom. The maximum absolute atomic E-state index is 12.2. The molecule has 0 saturated heterocycles. The number of rotatable bonds is 4. The van der Waals surface area contributed by atoms with E-state index < -0.39 is 15.9 Å². The average molecular weight is 298 g/mol. The van der Waals surface area contributed by atoms with E-state index in [1.54, 1.807) is 20.9 Å². The van der Waals surface area contributed by atoms with Gasteiger partial charge in [-0.05, 0) is 26.0 Å². The highest BCUT2D eigenvalue weighted by molar-refractivity contribution is 7.89. The third-order valence-electron chi connectivity index (χ3n) is 2.76. The van der Waals surface area contributed by atoms with Gasteiger partial charge in [-0.1, -0.05) is 0 Å². The number of hydrogen-bond acceptors (Lipinski definition) is 5. The van der Waals surface area contributed by atoms with Crippen molar-refractivity contribution >= 4 is 15.9 Å². The Kier molecular flexibility index (Phi) is 3.64. The minimum atomic E-state index is -3.89. The standard InChI is InChI=1S/C11H14N4O4S/c1-7-10(8(2)15(3)13-7)20(17,18)14-12-11(16)9-5-4-6-19-9/h4-6,14H,1-3H3,(H,12,16). The lowest BCUT2D eigenvalue weighted by molar-refractivity contribution is 0.0917. The van der Waals surface area contributed by atoms with E-state index in [4.69, 9.17) is 4.42 Å². The number of aryl methyl sites for hydroxylation is 2. The molecule has 1 amide bonds. The first-order valence-corrected chi connectivity index (χ1v) is 7.17. The SMILES string of the molecule is Cc1nn(C)c(C)c1S(=O)(=O)NNC(=O)c1ccco1. The molecule has 2 heterocycles. The van der Waals surface area contributed by atoms with Crippen LogP contribution in [-0.4, -0.2) is 24.1 Å². The Balaban J connectivity index is 2.18. The molecule has 108 valence electrons. The van der Waals surface area contributed by atoms with Gasteiger partial charge in [0.05, 0.1) is 17.7 Å². The molecule has 2 aromatic heterocycles. The molecule has 20 heavy (non-hydrogen) atoms. The van der Waals surface area contributed by atoms with Gasteiger partial charge in [-0.15, -0.1) is 4.83 Å². The molecule has 0 spiro atoms. The molecule has 2 aromatic rings. The Morgan fingerprint density at radius 1 is 1.40 bits per heavy atom. The van der Waals surface area contributed by atoms with Crippen LogP contribution in [0.4, 0.5) is 0 Å². The molecule has 0 atom stereocenters. The van der Waals surface area contributed by atoms with Crippen LogP contribution >= 0.6 is 0 Å². The van der Waals surface area contributed by atoms with E-state index >= 15 is 0 Å². The maximum atomic E-state index is 12.2. The zero-order valence-electron chi connectivity index (χ0n) is 11.2. The smallest absolute Gasteiger partial charge is 0.301 e. The second kappa shape index (κ2) is 5.10. The lowest BCUT2D eigenvalue weighted by atomic mass is 10.4. The second-order valence-electron chi connectivity index (χ2n) is 4.16. The van der Waals surface area contributed by atoms with Gasteiger partial charge in [0.25, 0.3) is 10.0 Å². The summed E-state index contributed by atoms with van der Waals surface area (Å²) in [6.45, 7) is 3.21. The normalized spacial score (nSPS) is 11.6. The molecule has 0 aliphatic rings. The number of nitrogens with zero attached hydrogens (tertiary/aromatic N) is 2. The van der Waals surface area contributed by atoms with Crippen LogP contribution in [0, 0.1) is 13.8 Å². The number of hydrazine groups is 1. The summed E-state index contributed by atoms with van der Waals surface area (Å²) in [4.78, 5) is 13.7. The number of carbonyl (C=O) groups is 1. The molecule has 2 rings (SSSR count). The number of carbonyl (C=O) groups excluding carboxylic acids is 1. The van der Waals surface area contributed by atoms with Crippen molar-refractivity contribution in [2.24, 2.45) is 7.05 Å². The van der Waals surface area contributed by atoms with E-state index in [0.717, 1.165) is 0 Å². The van der Waals surface area contributed by atoms with Crippen LogP contribution in [0.25, 0.3) is 0 Å². The van der Waals surface area contributed by atoms with Crippen molar-refractivity contribution in [2.75, 3.05) is 0 Å². The minimum Gasteiger partial charge on any atom is -0.459 e. The van der Waals surface area contributed by atoms with Crippen molar-refractivity contribution in [1.82, 2.24) is 20.0 Å². The van der Waals surface area contributed by atoms with Crippen molar-refractivity contribution in [2.45, 2.75) is 18.7 Å². The maximum Gasteiger partial charge on any atom is 0.301 e. The van der Waals surface area contributed by atoms with Crippen LogP contribution in [0.2, 0.25) is 0 Å². The van der Waals surface area contributed by atoms with Gasteiger partial charge in [0.2, 0.25) is 0 Å². The van der Waals surface area contributed by atoms with Crippen molar-refractivity contribution < 1.29 is 17.6 Å². The van der Waals surface area contributed by atoms with Crippen molar-refractivity contribution in [3.63, 3.8) is 0 Å². The van der Waals surface area contributed by atoms with E-state index in [2.05, 4.69) is 10.5 Å². The summed E-state index contributed by atoms with van der Waals surface area (Å²) in [6, 6.07) is 2.95. The summed E-state index contributed by atoms with van der Waals surface area (Å²) in [5.74, 6) is -0.676. The van der Waals surface area contributed by atoms with Crippen LogP contribution in [0.5, 0.6) is 0 Å². The third-order valence-corrected chi connectivity index (χ3v) is 4.25. The van der Waals surface area contributed by atoms with Crippen LogP contribution in [0.1, 0.15) is 21.9 Å². The van der Waals surface area contributed by atoms with Crippen LogP contribution in [0.15, 0.2) is 27.7 Å². The van der Waals surface area contributed by atoms with E-state index in [9.17, 15) is 13.2 Å². The minimum absolute atomic E-state index is 0.00679. The molecule has 0 aromatic carbocycles. The van der Waals surface area contributed by atoms with E-state index in [1.807, 2.05) is 4.83 Å². The van der Waals surface area contributed by atoms with E-state index in [-0.39, 0.29) is 10.7 Å². The molecular formula is C11H14N4O4S. The topological polar surface area (TPSA) is 106 Å². The monoisotopic (exact) mass is 298 g/mol. The highest BCUT2D eigenvalue weighted by atomic mass is 32.2. The number of sulfonamides is 1. The Morgan fingerprint density at radius 3 is 2.60 bits per heavy atom. The molecule has 0 saturated carbocycles. The van der Waals surface area contributed by atoms with Gasteiger partial charge in [-0.2, -0.15) is 5.10 Å². The molecule has 0 fully saturated rings. The number of furan rings is 1. The first kappa shape index (κ1) is 14.3. The molecular weight excluding hydrogens is 284 g/mol. The lowest BCUT2D eigenvalue weighted by Gasteiger charge is -2.07. The molecule has 0 radical (unpaired) electrons. The quantitative estimate of drug-likeness (QED) is 0.787. The molecule has 0 unspecified atom stereocenters. The van der Waals surface area contributed by atoms with Gasteiger partial charge in [-0.3, -0.25) is 14.9 Å². The molecule has 0 aliphatic carbocycles. The zero-order valence-corrected chi connectivity index (χ0v) is 12.0. The van der Waals surface area contributed by atoms with Crippen molar-refractivity contribution in [1.29, 1.82) is 0 Å². The average Bonchev–Trinajstić information content (AvgIpc) is 2.96. The third kappa shape index (κ3) is 2.58. The summed E-state index contributed by atoms with van der Waals surface area (Å²) in [7, 11) is -2.25. The molecule has 8 nitrogen and oxygen atoms in total. The fourth-order valence-electron chi connectivity index (χ4n) is 1.78. The number of nitrogens with one attached hydrogen (secondary N) is 2. The van der Waals surface area contributed by atoms with Crippen LogP contribution in [-0.2, 0) is 17.1 Å². The Labute approximate surface area is 115 Å². The first-order valence-electron chi connectivity index (χ1n) is 5.69. The largest absolute Gasteiger partial charge is 0.459 e. The Bertz CT molecular complexity index is 731. The summed E-state index contributed by atoms with van der Waals surface area (Å²) >= 11 is 0. The van der Waals surface area contributed by atoms with Crippen LogP contribution in [0.3, 0.4) is 0 Å². The number of amides is 1. The predicted molar refractivity (Wildman–Crippen MR) is 69.2 cm³/mol. The number of hydrogen-bond donors (Lipinski definition) is 2. The van der Waals surface area contributed by atoms with Gasteiger partial charge in [0, 0.05) is 7.05 Å². The molecule has 2 N–H and O–H groups in total. The first-order chi connectivity index (χ1) is 9.33.